The van der Waals surface area contributed by atoms with E-state index in [1.54, 1.807) is 0 Å². The lowest BCUT2D eigenvalue weighted by Crippen LogP contribution is -2.65. The Morgan fingerprint density at radius 3 is 1.37 bits per heavy atom. The monoisotopic (exact) mass is 892 g/mol. The highest BCUT2D eigenvalue weighted by Crippen LogP contribution is 2.30. The van der Waals surface area contributed by atoms with Crippen LogP contribution in [0.4, 0.5) is 0 Å². The number of ether oxygens (including phenoxy) is 4. The van der Waals surface area contributed by atoms with Gasteiger partial charge in [-0.1, -0.05) is 187 Å². The maximum atomic E-state index is 13.2. The Kier molecular flexibility index (Phi) is 33.3. The van der Waals surface area contributed by atoms with Crippen LogP contribution in [-0.2, 0) is 23.7 Å². The molecule has 12 atom stereocenters. The topological polar surface area (TPSA) is 228 Å². The van der Waals surface area contributed by atoms with E-state index >= 15 is 0 Å². The molecule has 1 amide bonds. The maximum absolute atomic E-state index is 13.2. The Labute approximate surface area is 374 Å². The normalized spacial score (nSPS) is 27.6. The van der Waals surface area contributed by atoms with Crippen LogP contribution in [0.15, 0.2) is 0 Å². The van der Waals surface area contributed by atoms with Gasteiger partial charge in [0.1, 0.15) is 48.8 Å². The molecule has 0 aromatic heterocycles. The van der Waals surface area contributed by atoms with E-state index in [-0.39, 0.29) is 12.5 Å². The Hall–Kier alpha value is -1.01. The molecule has 0 unspecified atom stereocenters. The minimum Gasteiger partial charge on any atom is -0.394 e. The lowest BCUT2D eigenvalue weighted by molar-refractivity contribution is -0.359. The number of hydrogen-bond acceptors (Lipinski definition) is 13. The zero-order valence-electron chi connectivity index (χ0n) is 38.9. The van der Waals surface area contributed by atoms with Crippen LogP contribution >= 0.6 is 0 Å². The molecule has 0 saturated carbocycles. The highest BCUT2D eigenvalue weighted by Gasteiger charge is 2.51. The molecular formula is C48H93NO13. The number of amides is 1. The smallest absolute Gasteiger partial charge is 0.220 e. The molecule has 0 aliphatic carbocycles. The molecule has 14 nitrogen and oxygen atoms in total. The fourth-order valence-corrected chi connectivity index (χ4v) is 8.65. The second-order valence-electron chi connectivity index (χ2n) is 18.3. The lowest BCUT2D eigenvalue weighted by Gasteiger charge is -2.46. The van der Waals surface area contributed by atoms with Crippen molar-refractivity contribution in [1.82, 2.24) is 5.32 Å². The molecule has 14 heteroatoms. The number of hydrogen-bond donors (Lipinski definition) is 9. The fourth-order valence-electron chi connectivity index (χ4n) is 8.65. The SMILES string of the molecule is CCCCCCCCCCCCCCCCCC(=O)N[C@@H](CO[C@H]1O[C@@H](CO)[C@H](O[C@@H]2O[C@H](CO)[C@@H](O)[C@H](O)[C@@H]2O)[C@@H](O)[C@@H]1O)[C@H](O)CCCCCCCCCCCCCCC. The third-order valence-electron chi connectivity index (χ3n) is 12.8. The van der Waals surface area contributed by atoms with Gasteiger partial charge in [0.05, 0.1) is 32.0 Å². The minimum atomic E-state index is -1.78. The van der Waals surface area contributed by atoms with Crippen molar-refractivity contribution in [1.29, 1.82) is 0 Å². The summed E-state index contributed by atoms with van der Waals surface area (Å²) in [5.41, 5.74) is 0. The van der Waals surface area contributed by atoms with Gasteiger partial charge in [-0.25, -0.2) is 0 Å². The van der Waals surface area contributed by atoms with E-state index in [0.717, 1.165) is 51.4 Å². The van der Waals surface area contributed by atoms with Crippen molar-refractivity contribution < 1.29 is 64.6 Å². The molecule has 0 aromatic rings. The summed E-state index contributed by atoms with van der Waals surface area (Å²) in [5, 5.41) is 86.8. The van der Waals surface area contributed by atoms with Gasteiger partial charge in [0.2, 0.25) is 5.91 Å². The Morgan fingerprint density at radius 1 is 0.516 bits per heavy atom. The summed E-state index contributed by atoms with van der Waals surface area (Å²) in [6.07, 6.45) is 18.1. The quantitative estimate of drug-likeness (QED) is 0.0313. The van der Waals surface area contributed by atoms with Crippen LogP contribution in [0.2, 0.25) is 0 Å². The molecule has 2 aliphatic rings. The summed E-state index contributed by atoms with van der Waals surface area (Å²) >= 11 is 0. The van der Waals surface area contributed by atoms with E-state index in [9.17, 15) is 45.6 Å². The second kappa shape index (κ2) is 36.2. The molecule has 2 fully saturated rings. The molecule has 2 rings (SSSR count). The third kappa shape index (κ3) is 23.4. The largest absolute Gasteiger partial charge is 0.394 e. The standard InChI is InChI=1S/C48H93NO13/c1-3-5-7-9-11-13-15-17-18-20-22-24-26-28-30-32-40(53)49-36(37(52)31-29-27-25-23-21-19-16-14-12-10-8-6-4-2)35-59-47-45(58)43(56)46(39(34-51)61-47)62-48-44(57)42(55)41(54)38(33-50)60-48/h36-39,41-48,50-52,54-58H,3-35H2,1-2H3,(H,49,53)/t36-,37+,38+,39-,41+,42-,43-,44-,45-,46-,47-,48-/m0/s1. The number of nitrogens with one attached hydrogen (secondary N) is 1. The summed E-state index contributed by atoms with van der Waals surface area (Å²) in [6.45, 7) is 2.85. The Morgan fingerprint density at radius 2 is 0.919 bits per heavy atom. The highest BCUT2D eigenvalue weighted by molar-refractivity contribution is 5.76. The van der Waals surface area contributed by atoms with E-state index in [0.29, 0.717) is 12.8 Å². The van der Waals surface area contributed by atoms with Crippen molar-refractivity contribution >= 4 is 5.91 Å². The average molecular weight is 892 g/mol. The summed E-state index contributed by atoms with van der Waals surface area (Å²) in [5.74, 6) is -0.205. The predicted octanol–water partition coefficient (Wildman–Crippen LogP) is 6.22. The first-order valence-electron chi connectivity index (χ1n) is 25.3. The van der Waals surface area contributed by atoms with Crippen molar-refractivity contribution in [3.05, 3.63) is 0 Å². The molecule has 368 valence electrons. The summed E-state index contributed by atoms with van der Waals surface area (Å²) in [4.78, 5) is 13.2. The number of rotatable bonds is 39. The zero-order chi connectivity index (χ0) is 45.4. The van der Waals surface area contributed by atoms with Crippen LogP contribution in [0.3, 0.4) is 0 Å². The number of aliphatic hydroxyl groups excluding tert-OH is 8. The molecule has 2 saturated heterocycles. The van der Waals surface area contributed by atoms with Crippen molar-refractivity contribution in [2.45, 2.75) is 280 Å². The molecule has 0 spiro atoms. The molecular weight excluding hydrogens is 799 g/mol. The van der Waals surface area contributed by atoms with Gasteiger partial charge in [0.15, 0.2) is 12.6 Å². The van der Waals surface area contributed by atoms with Gasteiger partial charge in [-0.05, 0) is 12.8 Å². The average Bonchev–Trinajstić information content (AvgIpc) is 3.27. The summed E-state index contributed by atoms with van der Waals surface area (Å²) in [6, 6.07) is -0.820. The minimum absolute atomic E-state index is 0.205. The van der Waals surface area contributed by atoms with Crippen molar-refractivity contribution in [2.24, 2.45) is 0 Å². The van der Waals surface area contributed by atoms with Crippen LogP contribution in [-0.4, -0.2) is 140 Å². The molecule has 0 bridgehead atoms. The second-order valence-corrected chi connectivity index (χ2v) is 18.3. The Balaban J connectivity index is 1.84. The van der Waals surface area contributed by atoms with Crippen molar-refractivity contribution in [2.75, 3.05) is 19.8 Å². The van der Waals surface area contributed by atoms with Gasteiger partial charge in [-0.3, -0.25) is 4.79 Å². The highest BCUT2D eigenvalue weighted by atomic mass is 16.7. The van der Waals surface area contributed by atoms with Gasteiger partial charge in [0, 0.05) is 6.42 Å². The van der Waals surface area contributed by atoms with Gasteiger partial charge in [0.25, 0.3) is 0 Å². The summed E-state index contributed by atoms with van der Waals surface area (Å²) < 4.78 is 22.7. The number of unbranched alkanes of at least 4 members (excludes halogenated alkanes) is 26. The molecule has 2 aliphatic heterocycles. The third-order valence-corrected chi connectivity index (χ3v) is 12.8. The molecule has 62 heavy (non-hydrogen) atoms. The van der Waals surface area contributed by atoms with E-state index in [4.69, 9.17) is 18.9 Å². The van der Waals surface area contributed by atoms with Crippen molar-refractivity contribution in [3.8, 4) is 0 Å². The van der Waals surface area contributed by atoms with Gasteiger partial charge in [-0.15, -0.1) is 0 Å². The van der Waals surface area contributed by atoms with E-state index < -0.39 is 86.8 Å². The molecule has 0 aromatic carbocycles. The maximum Gasteiger partial charge on any atom is 0.220 e. The van der Waals surface area contributed by atoms with Crippen LogP contribution < -0.4 is 5.32 Å². The first-order valence-corrected chi connectivity index (χ1v) is 25.3. The van der Waals surface area contributed by atoms with Gasteiger partial charge in [-0.2, -0.15) is 0 Å². The number of carbonyl (C=O) groups excluding carboxylic acids is 1. The van der Waals surface area contributed by atoms with Crippen LogP contribution in [0.5, 0.6) is 0 Å². The Bertz CT molecular complexity index is 1060. The number of carbonyl (C=O) groups is 1. The first-order chi connectivity index (χ1) is 30.1. The fraction of sp³-hybridized carbons (Fsp3) is 0.979. The van der Waals surface area contributed by atoms with E-state index in [1.807, 2.05) is 0 Å². The van der Waals surface area contributed by atoms with Crippen LogP contribution in [0.1, 0.15) is 206 Å². The van der Waals surface area contributed by atoms with Crippen molar-refractivity contribution in [3.63, 3.8) is 0 Å². The molecule has 2 heterocycles. The van der Waals surface area contributed by atoms with Crippen LogP contribution in [0.25, 0.3) is 0 Å². The summed E-state index contributed by atoms with van der Waals surface area (Å²) in [7, 11) is 0. The van der Waals surface area contributed by atoms with Gasteiger partial charge < -0.3 is 65.1 Å². The predicted molar refractivity (Wildman–Crippen MR) is 240 cm³/mol. The number of aliphatic hydroxyl groups is 8. The zero-order valence-corrected chi connectivity index (χ0v) is 38.9. The van der Waals surface area contributed by atoms with Crippen LogP contribution in [0, 0.1) is 0 Å². The van der Waals surface area contributed by atoms with E-state index in [1.165, 1.54) is 128 Å². The molecule has 9 N–H and O–H groups in total. The lowest BCUT2D eigenvalue weighted by atomic mass is 9.97. The van der Waals surface area contributed by atoms with Gasteiger partial charge >= 0.3 is 0 Å². The first kappa shape index (κ1) is 57.1. The molecule has 0 radical (unpaired) electrons. The van der Waals surface area contributed by atoms with E-state index in [2.05, 4.69) is 19.2 Å².